The van der Waals surface area contributed by atoms with Gasteiger partial charge in [-0.15, -0.1) is 13.2 Å². The molecule has 0 radical (unpaired) electrons. The molecule has 0 unspecified atom stereocenters. The Morgan fingerprint density at radius 2 is 1.43 bits per heavy atom. The summed E-state index contributed by atoms with van der Waals surface area (Å²) in [4.78, 5) is 20.3. The van der Waals surface area contributed by atoms with Gasteiger partial charge in [-0.3, -0.25) is 9.59 Å². The van der Waals surface area contributed by atoms with Crippen LogP contribution < -0.4 is 11.5 Å². The molecule has 0 aliphatic carbocycles. The third-order valence-electron chi connectivity index (χ3n) is 1.68. The molecule has 0 fully saturated rings. The van der Waals surface area contributed by atoms with Gasteiger partial charge in [0, 0.05) is 23.0 Å². The van der Waals surface area contributed by atoms with E-state index in [2.05, 4.69) is 13.2 Å². The van der Waals surface area contributed by atoms with Crippen molar-refractivity contribution in [3.05, 3.63) is 25.3 Å². The Morgan fingerprint density at radius 3 is 1.86 bits per heavy atom. The van der Waals surface area contributed by atoms with E-state index in [9.17, 15) is 9.59 Å². The molecule has 0 aromatic rings. The first-order chi connectivity index (χ1) is 9.86. The van der Waals surface area contributed by atoms with Gasteiger partial charge in [-0.1, -0.05) is 33.7 Å². The van der Waals surface area contributed by atoms with Crippen LogP contribution in [-0.4, -0.2) is 57.2 Å². The highest BCUT2D eigenvalue weighted by Gasteiger charge is 2.10. The van der Waals surface area contributed by atoms with E-state index in [4.69, 9.17) is 21.7 Å². The van der Waals surface area contributed by atoms with E-state index >= 15 is 0 Å². The van der Waals surface area contributed by atoms with Gasteiger partial charge in [-0.25, -0.2) is 0 Å². The zero-order valence-corrected chi connectivity index (χ0v) is 14.1. The Kier molecular flexibility index (Phi) is 17.0. The molecule has 9 heteroatoms. The average Bonchev–Trinajstić information content (AvgIpc) is 2.44. The Bertz CT molecular complexity index is 330. The lowest BCUT2D eigenvalue weighted by atomic mass is 10.4. The van der Waals surface area contributed by atoms with E-state index in [1.54, 1.807) is 22.9 Å². The SMILES string of the molecule is C=CCSC[C@H](N)C(=O)O.C=CCSSC[C@H](N)C(=O)O. The Labute approximate surface area is 137 Å². The molecule has 0 amide bonds. The maximum Gasteiger partial charge on any atom is 0.321 e. The maximum atomic E-state index is 10.2. The molecule has 0 saturated heterocycles. The van der Waals surface area contributed by atoms with Gasteiger partial charge in [0.05, 0.1) is 0 Å². The summed E-state index contributed by atoms with van der Waals surface area (Å²) in [5.74, 6) is 0.556. The fourth-order valence-corrected chi connectivity index (χ4v) is 3.22. The number of rotatable bonds is 11. The highest BCUT2D eigenvalue weighted by molar-refractivity contribution is 8.76. The standard InChI is InChI=1S/C6H11NO2S2.C6H11NO2S/c1-2-3-10-11-4-5(7)6(8)9;1-2-3-10-4-5(7)6(8)9/h2,5H,1,3-4,7H2,(H,8,9);2,5H,1,3-4,7H2,(H,8,9)/t2*5-/m00/s1. The monoisotopic (exact) mass is 354 g/mol. The molecule has 6 nitrogen and oxygen atoms in total. The van der Waals surface area contributed by atoms with Crippen molar-refractivity contribution < 1.29 is 19.8 Å². The highest BCUT2D eigenvalue weighted by Crippen LogP contribution is 2.21. The second-order valence-electron chi connectivity index (χ2n) is 3.57. The zero-order valence-electron chi connectivity index (χ0n) is 11.6. The molecule has 0 spiro atoms. The zero-order chi connectivity index (χ0) is 16.7. The van der Waals surface area contributed by atoms with Crippen LogP contribution in [0.2, 0.25) is 0 Å². The van der Waals surface area contributed by atoms with Crippen molar-refractivity contribution in [1.29, 1.82) is 0 Å². The number of carboxylic acids is 2. The molecule has 21 heavy (non-hydrogen) atoms. The van der Waals surface area contributed by atoms with E-state index < -0.39 is 24.0 Å². The number of hydrogen-bond acceptors (Lipinski definition) is 7. The number of hydrogen-bond donors (Lipinski definition) is 4. The summed E-state index contributed by atoms with van der Waals surface area (Å²) < 4.78 is 0. The Hall–Kier alpha value is -0.610. The minimum absolute atomic E-state index is 0.438. The van der Waals surface area contributed by atoms with Gasteiger partial charge >= 0.3 is 11.9 Å². The van der Waals surface area contributed by atoms with Gasteiger partial charge in [-0.2, -0.15) is 11.8 Å². The fraction of sp³-hybridized carbons (Fsp3) is 0.500. The largest absolute Gasteiger partial charge is 0.480 e. The summed E-state index contributed by atoms with van der Waals surface area (Å²) in [6, 6.07) is -1.50. The first-order valence-corrected chi connectivity index (χ1v) is 9.51. The van der Waals surface area contributed by atoms with Crippen molar-refractivity contribution in [2.75, 3.05) is 23.0 Å². The van der Waals surface area contributed by atoms with E-state index in [0.717, 1.165) is 11.5 Å². The Morgan fingerprint density at radius 1 is 0.952 bits per heavy atom. The van der Waals surface area contributed by atoms with E-state index in [-0.39, 0.29) is 0 Å². The molecule has 0 aromatic carbocycles. The summed E-state index contributed by atoms with van der Waals surface area (Å²) in [7, 11) is 3.01. The number of carboxylic acid groups (broad SMARTS) is 2. The first-order valence-electron chi connectivity index (χ1n) is 5.87. The lowest BCUT2D eigenvalue weighted by Crippen LogP contribution is -2.32. The molecular weight excluding hydrogens is 332 g/mol. The van der Waals surface area contributed by atoms with Crippen molar-refractivity contribution in [3.8, 4) is 0 Å². The molecule has 0 heterocycles. The lowest BCUT2D eigenvalue weighted by molar-refractivity contribution is -0.138. The van der Waals surface area contributed by atoms with Gasteiger partial charge in [0.25, 0.3) is 0 Å². The van der Waals surface area contributed by atoms with Crippen LogP contribution in [0.15, 0.2) is 25.3 Å². The van der Waals surface area contributed by atoms with Crippen LogP contribution in [0.1, 0.15) is 0 Å². The molecule has 0 saturated carbocycles. The number of nitrogens with two attached hydrogens (primary N) is 2. The highest BCUT2D eigenvalue weighted by atomic mass is 33.1. The number of carbonyl (C=O) groups is 2. The third kappa shape index (κ3) is 17.3. The fourth-order valence-electron chi connectivity index (χ4n) is 0.639. The predicted molar refractivity (Wildman–Crippen MR) is 93.9 cm³/mol. The summed E-state index contributed by atoms with van der Waals surface area (Å²) in [6.07, 6.45) is 3.49. The normalized spacial score (nSPS) is 12.5. The molecule has 0 aliphatic heterocycles. The smallest absolute Gasteiger partial charge is 0.321 e. The van der Waals surface area contributed by atoms with Crippen molar-refractivity contribution in [2.24, 2.45) is 11.5 Å². The number of aliphatic carboxylic acids is 2. The van der Waals surface area contributed by atoms with Gasteiger partial charge in [0.1, 0.15) is 12.1 Å². The summed E-state index contributed by atoms with van der Waals surface area (Å²) in [6.45, 7) is 7.02. The second kappa shape index (κ2) is 15.8. The third-order valence-corrected chi connectivity index (χ3v) is 5.10. The molecule has 0 aliphatic rings. The van der Waals surface area contributed by atoms with Crippen molar-refractivity contribution in [3.63, 3.8) is 0 Å². The van der Waals surface area contributed by atoms with Crippen LogP contribution in [0, 0.1) is 0 Å². The predicted octanol–water partition coefficient (Wildman–Crippen LogP) is 1.28. The van der Waals surface area contributed by atoms with Crippen molar-refractivity contribution in [1.82, 2.24) is 0 Å². The summed E-state index contributed by atoms with van der Waals surface area (Å²) in [5.41, 5.74) is 10.4. The molecule has 2 atom stereocenters. The van der Waals surface area contributed by atoms with Crippen LogP contribution in [-0.2, 0) is 9.59 Å². The van der Waals surface area contributed by atoms with E-state index in [1.807, 2.05) is 0 Å². The second-order valence-corrected chi connectivity index (χ2v) is 7.20. The van der Waals surface area contributed by atoms with Crippen molar-refractivity contribution in [2.45, 2.75) is 12.1 Å². The molecule has 0 bridgehead atoms. The van der Waals surface area contributed by atoms with Gasteiger partial charge < -0.3 is 21.7 Å². The summed E-state index contributed by atoms with van der Waals surface area (Å²) in [5, 5.41) is 16.7. The number of thioether (sulfide) groups is 1. The van der Waals surface area contributed by atoms with Gasteiger partial charge in [0.2, 0.25) is 0 Å². The van der Waals surface area contributed by atoms with Gasteiger partial charge in [0.15, 0.2) is 0 Å². The van der Waals surface area contributed by atoms with Gasteiger partial charge in [-0.05, 0) is 0 Å². The van der Waals surface area contributed by atoms with Crippen LogP contribution in [0.5, 0.6) is 0 Å². The molecule has 0 aromatic heterocycles. The molecular formula is C12H22N2O4S3. The van der Waals surface area contributed by atoms with Crippen LogP contribution in [0.25, 0.3) is 0 Å². The van der Waals surface area contributed by atoms with Crippen LogP contribution >= 0.6 is 33.3 Å². The summed E-state index contributed by atoms with van der Waals surface area (Å²) >= 11 is 1.47. The van der Waals surface area contributed by atoms with E-state index in [0.29, 0.717) is 11.5 Å². The maximum absolute atomic E-state index is 10.2. The van der Waals surface area contributed by atoms with Crippen molar-refractivity contribution >= 4 is 45.3 Å². The minimum Gasteiger partial charge on any atom is -0.480 e. The molecule has 122 valence electrons. The van der Waals surface area contributed by atoms with Crippen LogP contribution in [0.4, 0.5) is 0 Å². The minimum atomic E-state index is -0.948. The lowest BCUT2D eigenvalue weighted by Gasteiger charge is -2.03. The molecule has 0 rings (SSSR count). The molecule has 6 N–H and O–H groups in total. The average molecular weight is 355 g/mol. The quantitative estimate of drug-likeness (QED) is 0.246. The van der Waals surface area contributed by atoms with E-state index in [1.165, 1.54) is 22.6 Å². The topological polar surface area (TPSA) is 127 Å². The van der Waals surface area contributed by atoms with Crippen LogP contribution in [0.3, 0.4) is 0 Å². The first kappa shape index (κ1) is 22.7. The Balaban J connectivity index is 0.